The molecule has 0 atom stereocenters. The normalized spacial score (nSPS) is 29.8. The summed E-state index contributed by atoms with van der Waals surface area (Å²) in [6.45, 7) is 0. The van der Waals surface area contributed by atoms with E-state index >= 15 is 0 Å². The van der Waals surface area contributed by atoms with Crippen molar-refractivity contribution in [2.24, 2.45) is 41.4 Å². The molecule has 3 heteroatoms. The predicted octanol–water partition coefficient (Wildman–Crippen LogP) is 11.2. The molecule has 1 heterocycles. The third-order valence-corrected chi connectivity index (χ3v) is 13.8. The summed E-state index contributed by atoms with van der Waals surface area (Å²) >= 11 is 0. The van der Waals surface area contributed by atoms with Crippen LogP contribution in [0.25, 0.3) is 56.4 Å². The van der Waals surface area contributed by atoms with E-state index in [2.05, 4.69) is 121 Å². The van der Waals surface area contributed by atoms with Gasteiger partial charge in [0.15, 0.2) is 17.5 Å². The zero-order valence-corrected chi connectivity index (χ0v) is 28.3. The Bertz CT molecular complexity index is 2110. The van der Waals surface area contributed by atoms with Gasteiger partial charge in [-0.05, 0) is 125 Å². The third kappa shape index (κ3) is 4.45. The van der Waals surface area contributed by atoms with E-state index in [1.54, 1.807) is 0 Å². The highest BCUT2D eigenvalue weighted by Gasteiger charge is 2.67. The smallest absolute Gasteiger partial charge is 0.164 e. The van der Waals surface area contributed by atoms with Crippen LogP contribution < -0.4 is 0 Å². The van der Waals surface area contributed by atoms with Crippen LogP contribution in [0.1, 0.15) is 44.1 Å². The van der Waals surface area contributed by atoms with Crippen LogP contribution in [-0.4, -0.2) is 15.0 Å². The molecule has 7 saturated carbocycles. The zero-order valence-electron chi connectivity index (χ0n) is 28.3. The minimum absolute atomic E-state index is 0.234. The van der Waals surface area contributed by atoms with Crippen LogP contribution in [0.3, 0.4) is 0 Å². The summed E-state index contributed by atoms with van der Waals surface area (Å²) in [6.07, 6.45) is 8.61. The molecule has 13 rings (SSSR count). The number of hydrogen-bond donors (Lipinski definition) is 0. The van der Waals surface area contributed by atoms with E-state index in [1.165, 1.54) is 66.3 Å². The maximum absolute atomic E-state index is 5.24. The Morgan fingerprint density at radius 3 is 1.28 bits per heavy atom. The monoisotopic (exact) mass is 647 g/mol. The molecule has 6 aromatic rings. The highest BCUT2D eigenvalue weighted by Crippen LogP contribution is 2.74. The molecule has 7 aliphatic rings. The zero-order chi connectivity index (χ0) is 32.8. The van der Waals surface area contributed by atoms with Gasteiger partial charge in [-0.2, -0.15) is 0 Å². The largest absolute Gasteiger partial charge is 0.208 e. The Balaban J connectivity index is 1.12. The van der Waals surface area contributed by atoms with E-state index in [-0.39, 0.29) is 5.41 Å². The second-order valence-electron chi connectivity index (χ2n) is 16.2. The van der Waals surface area contributed by atoms with Gasteiger partial charge in [-0.25, -0.2) is 15.0 Å². The minimum Gasteiger partial charge on any atom is -0.208 e. The van der Waals surface area contributed by atoms with Crippen molar-refractivity contribution in [2.45, 2.75) is 43.9 Å². The van der Waals surface area contributed by atoms with E-state index in [4.69, 9.17) is 15.0 Å². The van der Waals surface area contributed by atoms with Crippen molar-refractivity contribution in [3.05, 3.63) is 139 Å². The van der Waals surface area contributed by atoms with Gasteiger partial charge in [-0.3, -0.25) is 0 Å². The molecular formula is C47H41N3. The molecule has 244 valence electrons. The van der Waals surface area contributed by atoms with Gasteiger partial charge in [0.2, 0.25) is 0 Å². The van der Waals surface area contributed by atoms with Crippen LogP contribution in [0.15, 0.2) is 133 Å². The second-order valence-corrected chi connectivity index (χ2v) is 16.2. The first-order valence-electron chi connectivity index (χ1n) is 18.9. The molecule has 5 aromatic carbocycles. The van der Waals surface area contributed by atoms with E-state index < -0.39 is 0 Å². The molecule has 0 aliphatic heterocycles. The molecule has 3 nitrogen and oxygen atoms in total. The fourth-order valence-corrected chi connectivity index (χ4v) is 12.0. The first-order valence-corrected chi connectivity index (χ1v) is 18.9. The van der Waals surface area contributed by atoms with Crippen LogP contribution in [-0.2, 0) is 5.41 Å². The molecular weight excluding hydrogens is 607 g/mol. The first kappa shape index (κ1) is 28.9. The van der Waals surface area contributed by atoms with Gasteiger partial charge in [0.25, 0.3) is 0 Å². The van der Waals surface area contributed by atoms with Crippen molar-refractivity contribution < 1.29 is 0 Å². The SMILES string of the molecule is c1ccc(-c2nc(-c3ccccc3)nc(-c3cc(-c4ccccc4-c4ccccc4)cc(C45CC6C7CC8CC6C(C4)C(C8)C7C5)c3)n2)cc1. The van der Waals surface area contributed by atoms with Crippen LogP contribution in [0.5, 0.6) is 0 Å². The van der Waals surface area contributed by atoms with Gasteiger partial charge in [0.1, 0.15) is 0 Å². The summed E-state index contributed by atoms with van der Waals surface area (Å²) in [6, 6.07) is 48.0. The molecule has 50 heavy (non-hydrogen) atoms. The van der Waals surface area contributed by atoms with Crippen molar-refractivity contribution in [1.29, 1.82) is 0 Å². The average molecular weight is 648 g/mol. The molecule has 0 radical (unpaired) electrons. The lowest BCUT2D eigenvalue weighted by Gasteiger charge is -2.72. The standard InChI is InChI=1S/C47H41N3/c1-4-12-30(13-5-1)36-18-10-11-19-37(36)33-23-34(46-49-44(31-14-6-2-7-15-31)48-45(50-46)32-16-8-3-9-17-32)25-35(24-33)47-26-41-38-20-29-21-39(41)43(28-47)40(22-29)42(38)27-47/h1-19,23-25,29,38-43H,20-22,26-28H2. The summed E-state index contributed by atoms with van der Waals surface area (Å²) in [4.78, 5) is 15.5. The van der Waals surface area contributed by atoms with Crippen LogP contribution in [0.4, 0.5) is 0 Å². The third-order valence-electron chi connectivity index (χ3n) is 13.8. The van der Waals surface area contributed by atoms with E-state index in [0.29, 0.717) is 11.6 Å². The lowest BCUT2D eigenvalue weighted by molar-refractivity contribution is -0.212. The van der Waals surface area contributed by atoms with Gasteiger partial charge < -0.3 is 0 Å². The maximum atomic E-state index is 5.24. The van der Waals surface area contributed by atoms with Crippen molar-refractivity contribution in [3.8, 4) is 56.4 Å². The van der Waals surface area contributed by atoms with Gasteiger partial charge >= 0.3 is 0 Å². The first-order chi connectivity index (χ1) is 24.7. The summed E-state index contributed by atoms with van der Waals surface area (Å²) in [5.74, 6) is 8.89. The van der Waals surface area contributed by atoms with Gasteiger partial charge in [0, 0.05) is 16.7 Å². The number of hydrogen-bond acceptors (Lipinski definition) is 3. The van der Waals surface area contributed by atoms with E-state index in [9.17, 15) is 0 Å². The lowest BCUT2D eigenvalue weighted by atomic mass is 9.32. The molecule has 1 aromatic heterocycles. The molecule has 0 saturated heterocycles. The highest BCUT2D eigenvalue weighted by molar-refractivity contribution is 5.85. The topological polar surface area (TPSA) is 38.7 Å². The molecule has 8 bridgehead atoms. The van der Waals surface area contributed by atoms with Crippen molar-refractivity contribution >= 4 is 0 Å². The van der Waals surface area contributed by atoms with Crippen LogP contribution in [0, 0.1) is 41.4 Å². The Hall–Kier alpha value is -4.89. The average Bonchev–Trinajstić information content (AvgIpc) is 3.20. The molecule has 0 unspecified atom stereocenters. The number of aromatic nitrogens is 3. The summed E-state index contributed by atoms with van der Waals surface area (Å²) in [5, 5.41) is 0. The Morgan fingerprint density at radius 1 is 0.380 bits per heavy atom. The number of rotatable bonds is 6. The molecule has 7 fully saturated rings. The van der Waals surface area contributed by atoms with E-state index in [0.717, 1.165) is 63.9 Å². The highest BCUT2D eigenvalue weighted by atomic mass is 15.0. The van der Waals surface area contributed by atoms with Crippen molar-refractivity contribution in [3.63, 3.8) is 0 Å². The van der Waals surface area contributed by atoms with Crippen molar-refractivity contribution in [2.75, 3.05) is 0 Å². The maximum Gasteiger partial charge on any atom is 0.164 e. The van der Waals surface area contributed by atoms with Crippen LogP contribution >= 0.6 is 0 Å². The van der Waals surface area contributed by atoms with Gasteiger partial charge in [-0.15, -0.1) is 0 Å². The number of benzene rings is 5. The second kappa shape index (κ2) is 11.1. The molecule has 0 amide bonds. The Morgan fingerprint density at radius 2 is 0.780 bits per heavy atom. The summed E-state index contributed by atoms with van der Waals surface area (Å²) in [7, 11) is 0. The molecule has 7 aliphatic carbocycles. The van der Waals surface area contributed by atoms with E-state index in [1.807, 2.05) is 12.1 Å². The molecule has 0 spiro atoms. The van der Waals surface area contributed by atoms with Crippen LogP contribution in [0.2, 0.25) is 0 Å². The fraction of sp³-hybridized carbons (Fsp3) is 0.298. The van der Waals surface area contributed by atoms with Gasteiger partial charge in [0.05, 0.1) is 0 Å². The quantitative estimate of drug-likeness (QED) is 0.181. The Kier molecular flexibility index (Phi) is 6.39. The fourth-order valence-electron chi connectivity index (χ4n) is 12.0. The summed E-state index contributed by atoms with van der Waals surface area (Å²) in [5.41, 5.74) is 9.90. The lowest BCUT2D eigenvalue weighted by Crippen LogP contribution is -2.66. The molecule has 0 N–H and O–H groups in total. The van der Waals surface area contributed by atoms with Gasteiger partial charge in [-0.1, -0.05) is 121 Å². The predicted molar refractivity (Wildman–Crippen MR) is 201 cm³/mol. The summed E-state index contributed by atoms with van der Waals surface area (Å²) < 4.78 is 0. The Labute approximate surface area is 294 Å². The number of nitrogens with zero attached hydrogens (tertiary/aromatic N) is 3. The minimum atomic E-state index is 0.234. The van der Waals surface area contributed by atoms with Crippen molar-refractivity contribution in [1.82, 2.24) is 15.0 Å².